The Morgan fingerprint density at radius 1 is 0.842 bits per heavy atom. The molecular weight excluding hydrogens is 494 g/mol. The third-order valence-electron chi connectivity index (χ3n) is 6.64. The van der Waals surface area contributed by atoms with Crippen molar-refractivity contribution < 1.29 is 19.4 Å². The maximum absolute atomic E-state index is 13.5. The Labute approximate surface area is 223 Å². The van der Waals surface area contributed by atoms with Crippen LogP contribution in [0, 0.1) is 6.92 Å². The topological polar surface area (TPSA) is 66.8 Å². The van der Waals surface area contributed by atoms with Gasteiger partial charge in [0.15, 0.2) is 0 Å². The van der Waals surface area contributed by atoms with Gasteiger partial charge in [0.2, 0.25) is 0 Å². The van der Waals surface area contributed by atoms with Gasteiger partial charge in [0.05, 0.1) is 5.57 Å². The zero-order valence-corrected chi connectivity index (χ0v) is 21.3. The van der Waals surface area contributed by atoms with Crippen LogP contribution in [0.15, 0.2) is 114 Å². The minimum Gasteiger partial charge on any atom is -0.507 e. The van der Waals surface area contributed by atoms with E-state index in [0.717, 1.165) is 21.2 Å². The number of benzene rings is 4. The molecule has 0 radical (unpaired) electrons. The average Bonchev–Trinajstić information content (AvgIpc) is 3.55. The van der Waals surface area contributed by atoms with Gasteiger partial charge in [0.1, 0.15) is 23.3 Å². The van der Waals surface area contributed by atoms with Gasteiger partial charge in [0.25, 0.3) is 11.7 Å². The molecule has 5 aromatic rings. The highest BCUT2D eigenvalue weighted by molar-refractivity contribution is 7.10. The summed E-state index contributed by atoms with van der Waals surface area (Å²) in [6.45, 7) is 2.00. The van der Waals surface area contributed by atoms with Crippen LogP contribution in [0.3, 0.4) is 0 Å². The molecule has 1 aliphatic heterocycles. The van der Waals surface area contributed by atoms with Crippen molar-refractivity contribution in [3.63, 3.8) is 0 Å². The van der Waals surface area contributed by atoms with E-state index in [0.29, 0.717) is 22.7 Å². The molecule has 1 saturated heterocycles. The van der Waals surface area contributed by atoms with E-state index in [-0.39, 0.29) is 11.3 Å². The van der Waals surface area contributed by atoms with Gasteiger partial charge >= 0.3 is 0 Å². The molecule has 6 heteroatoms. The highest BCUT2D eigenvalue weighted by Gasteiger charge is 2.47. The van der Waals surface area contributed by atoms with E-state index in [2.05, 4.69) is 0 Å². The molecule has 5 nitrogen and oxygen atoms in total. The van der Waals surface area contributed by atoms with E-state index in [1.807, 2.05) is 85.1 Å². The number of amides is 1. The minimum absolute atomic E-state index is 0.0777. The number of hydrogen-bond donors (Lipinski definition) is 1. The van der Waals surface area contributed by atoms with Gasteiger partial charge in [-0.1, -0.05) is 60.7 Å². The lowest BCUT2D eigenvalue weighted by Crippen LogP contribution is -2.29. The molecule has 1 fully saturated rings. The fraction of sp³-hybridized carbons (Fsp3) is 0.0625. The number of ketones is 1. The smallest absolute Gasteiger partial charge is 0.300 e. The highest BCUT2D eigenvalue weighted by Crippen LogP contribution is 2.44. The lowest BCUT2D eigenvalue weighted by molar-refractivity contribution is -0.132. The van der Waals surface area contributed by atoms with Gasteiger partial charge in [-0.3, -0.25) is 14.5 Å². The van der Waals surface area contributed by atoms with Gasteiger partial charge in [-0.05, 0) is 71.1 Å². The van der Waals surface area contributed by atoms with Crippen molar-refractivity contribution >= 4 is 45.2 Å². The Balaban J connectivity index is 1.43. The van der Waals surface area contributed by atoms with Gasteiger partial charge in [-0.25, -0.2) is 0 Å². The van der Waals surface area contributed by atoms with Crippen LogP contribution in [-0.2, 0) is 9.59 Å². The average molecular weight is 518 g/mol. The molecular formula is C32H23NO4S. The van der Waals surface area contributed by atoms with E-state index in [9.17, 15) is 14.7 Å². The molecule has 1 aromatic heterocycles. The summed E-state index contributed by atoms with van der Waals surface area (Å²) in [4.78, 5) is 29.1. The number of aliphatic hydroxyl groups excluding tert-OH is 1. The molecule has 1 amide bonds. The minimum atomic E-state index is -0.752. The van der Waals surface area contributed by atoms with Gasteiger partial charge in [-0.2, -0.15) is 0 Å². The summed E-state index contributed by atoms with van der Waals surface area (Å²) in [5.41, 5.74) is 2.22. The quantitative estimate of drug-likeness (QED) is 0.148. The lowest BCUT2D eigenvalue weighted by Gasteiger charge is -2.24. The number of rotatable bonds is 5. The van der Waals surface area contributed by atoms with Crippen LogP contribution in [0.2, 0.25) is 0 Å². The summed E-state index contributed by atoms with van der Waals surface area (Å²) in [5, 5.41) is 15.2. The number of thiophene rings is 1. The molecule has 2 heterocycles. The second-order valence-corrected chi connectivity index (χ2v) is 10.1. The van der Waals surface area contributed by atoms with E-state index < -0.39 is 17.7 Å². The second kappa shape index (κ2) is 9.65. The molecule has 6 rings (SSSR count). The van der Waals surface area contributed by atoms with Crippen molar-refractivity contribution in [1.82, 2.24) is 0 Å². The summed E-state index contributed by atoms with van der Waals surface area (Å²) in [6, 6.07) is 31.0. The highest BCUT2D eigenvalue weighted by atomic mass is 32.1. The third-order valence-corrected chi connectivity index (χ3v) is 7.57. The van der Waals surface area contributed by atoms with Gasteiger partial charge in [0, 0.05) is 16.1 Å². The number of carbonyl (C=O) groups is 2. The predicted molar refractivity (Wildman–Crippen MR) is 151 cm³/mol. The van der Waals surface area contributed by atoms with Crippen molar-refractivity contribution in [3.05, 3.63) is 130 Å². The van der Waals surface area contributed by atoms with Gasteiger partial charge < -0.3 is 9.84 Å². The molecule has 4 aromatic carbocycles. The number of nitrogens with zero attached hydrogens (tertiary/aromatic N) is 1. The molecule has 0 aliphatic carbocycles. The summed E-state index contributed by atoms with van der Waals surface area (Å²) in [7, 11) is 0. The van der Waals surface area contributed by atoms with Crippen molar-refractivity contribution in [2.75, 3.05) is 4.90 Å². The van der Waals surface area contributed by atoms with Crippen molar-refractivity contribution in [2.45, 2.75) is 13.0 Å². The standard InChI is InChI=1S/C32H23NO4S/c1-20-7-4-10-24(19-20)37-23-16-14-22(15-17-23)33-29(27-13-6-18-38-27)28(31(35)32(33)36)30(34)26-12-5-9-21-8-2-3-11-25(21)26/h2-19,29,34H,1H3/b30-28-. The SMILES string of the molecule is Cc1cccc(Oc2ccc(N3C(=O)C(=O)/C(=C(\O)c4cccc5ccccc45)C3c3cccs3)cc2)c1. The first-order valence-corrected chi connectivity index (χ1v) is 13.1. The zero-order chi connectivity index (χ0) is 26.2. The fourth-order valence-electron chi connectivity index (χ4n) is 4.88. The fourth-order valence-corrected chi connectivity index (χ4v) is 5.71. The molecule has 1 N–H and O–H groups in total. The number of anilines is 1. The van der Waals surface area contributed by atoms with Crippen LogP contribution in [0.1, 0.15) is 22.0 Å². The Hall–Kier alpha value is -4.68. The molecule has 0 spiro atoms. The first-order chi connectivity index (χ1) is 18.5. The first-order valence-electron chi connectivity index (χ1n) is 12.2. The second-order valence-electron chi connectivity index (χ2n) is 9.12. The summed E-state index contributed by atoms with van der Waals surface area (Å²) in [6.07, 6.45) is 0. The Kier molecular flexibility index (Phi) is 6.02. The maximum atomic E-state index is 13.5. The normalized spacial score (nSPS) is 16.8. The van der Waals surface area contributed by atoms with Crippen LogP contribution in [0.4, 0.5) is 5.69 Å². The number of aryl methyl sites for hydroxylation is 1. The molecule has 0 bridgehead atoms. The van der Waals surface area contributed by atoms with Crippen LogP contribution in [-0.4, -0.2) is 16.8 Å². The van der Waals surface area contributed by atoms with E-state index in [4.69, 9.17) is 4.74 Å². The Bertz CT molecular complexity index is 1700. The number of aliphatic hydroxyl groups is 1. The van der Waals surface area contributed by atoms with Crippen LogP contribution >= 0.6 is 11.3 Å². The molecule has 0 saturated carbocycles. The van der Waals surface area contributed by atoms with E-state index in [1.165, 1.54) is 16.2 Å². The molecule has 186 valence electrons. The molecule has 1 atom stereocenters. The lowest BCUT2D eigenvalue weighted by atomic mass is 9.96. The van der Waals surface area contributed by atoms with Crippen molar-refractivity contribution in [1.29, 1.82) is 0 Å². The van der Waals surface area contributed by atoms with Crippen LogP contribution in [0.5, 0.6) is 11.5 Å². The number of fused-ring (bicyclic) bond motifs is 1. The summed E-state index contributed by atoms with van der Waals surface area (Å²) in [5.74, 6) is -0.252. The maximum Gasteiger partial charge on any atom is 0.300 e. The Morgan fingerprint density at radius 3 is 2.37 bits per heavy atom. The monoisotopic (exact) mass is 517 g/mol. The molecule has 38 heavy (non-hydrogen) atoms. The first kappa shape index (κ1) is 23.7. The number of hydrogen-bond acceptors (Lipinski definition) is 5. The number of ether oxygens (including phenoxy) is 1. The van der Waals surface area contributed by atoms with Crippen molar-refractivity contribution in [2.24, 2.45) is 0 Å². The number of carbonyl (C=O) groups excluding carboxylic acids is 2. The summed E-state index contributed by atoms with van der Waals surface area (Å²) >= 11 is 1.43. The van der Waals surface area contributed by atoms with E-state index in [1.54, 1.807) is 30.3 Å². The summed E-state index contributed by atoms with van der Waals surface area (Å²) < 4.78 is 5.96. The molecule has 1 unspecified atom stereocenters. The number of Topliss-reactive ketones (excluding diaryl/α,β-unsaturated/α-hetero) is 1. The van der Waals surface area contributed by atoms with Crippen LogP contribution < -0.4 is 9.64 Å². The zero-order valence-electron chi connectivity index (χ0n) is 20.5. The molecule has 1 aliphatic rings. The Morgan fingerprint density at radius 2 is 1.61 bits per heavy atom. The van der Waals surface area contributed by atoms with Gasteiger partial charge in [-0.15, -0.1) is 11.3 Å². The van der Waals surface area contributed by atoms with Crippen LogP contribution in [0.25, 0.3) is 16.5 Å². The van der Waals surface area contributed by atoms with E-state index >= 15 is 0 Å². The van der Waals surface area contributed by atoms with Crippen molar-refractivity contribution in [3.8, 4) is 11.5 Å². The predicted octanol–water partition coefficient (Wildman–Crippen LogP) is 7.63. The largest absolute Gasteiger partial charge is 0.507 e. The third kappa shape index (κ3) is 4.15.